The Balaban J connectivity index is 1.84. The Morgan fingerprint density at radius 2 is 2.09 bits per heavy atom. The number of pyridine rings is 1. The number of nitrogens with zero attached hydrogens (tertiary/aromatic N) is 2. The first kappa shape index (κ1) is 15.4. The number of anilines is 1. The molecule has 2 aliphatic heterocycles. The highest BCUT2D eigenvalue weighted by molar-refractivity contribution is 5.83. The summed E-state index contributed by atoms with van der Waals surface area (Å²) in [4.78, 5) is 18.3. The van der Waals surface area contributed by atoms with Crippen LogP contribution in [0, 0.1) is 0 Å². The normalized spacial score (nSPS) is 29.4. The fourth-order valence-corrected chi connectivity index (χ4v) is 3.27. The average molecular weight is 304 g/mol. The SMILES string of the molecule is C[C@@H]1CN(c2ncc(C3CNCCN3)cc2C=O)C[C@H](C)O1. The van der Waals surface area contributed by atoms with Gasteiger partial charge in [-0.2, -0.15) is 0 Å². The zero-order valence-electron chi connectivity index (χ0n) is 13.2. The summed E-state index contributed by atoms with van der Waals surface area (Å²) in [5.74, 6) is 0.768. The van der Waals surface area contributed by atoms with Crippen molar-refractivity contribution in [3.8, 4) is 0 Å². The first-order chi connectivity index (χ1) is 10.7. The molecule has 3 heterocycles. The number of ether oxygens (including phenoxy) is 1. The molecule has 0 saturated carbocycles. The van der Waals surface area contributed by atoms with Crippen LogP contribution in [0.3, 0.4) is 0 Å². The molecular weight excluding hydrogens is 280 g/mol. The third-order valence-corrected chi connectivity index (χ3v) is 4.21. The van der Waals surface area contributed by atoms with Crippen LogP contribution in [0.4, 0.5) is 5.82 Å². The third kappa shape index (κ3) is 3.29. The monoisotopic (exact) mass is 304 g/mol. The van der Waals surface area contributed by atoms with E-state index in [4.69, 9.17) is 4.74 Å². The van der Waals surface area contributed by atoms with Crippen molar-refractivity contribution in [2.24, 2.45) is 0 Å². The van der Waals surface area contributed by atoms with E-state index in [1.54, 1.807) is 0 Å². The first-order valence-electron chi connectivity index (χ1n) is 7.97. The molecule has 0 bridgehead atoms. The van der Waals surface area contributed by atoms with Crippen LogP contribution in [-0.2, 0) is 4.74 Å². The molecule has 1 aromatic rings. The van der Waals surface area contributed by atoms with E-state index in [0.717, 1.165) is 50.4 Å². The van der Waals surface area contributed by atoms with Crippen LogP contribution in [-0.4, -0.2) is 56.2 Å². The van der Waals surface area contributed by atoms with Gasteiger partial charge in [-0.3, -0.25) is 4.79 Å². The molecule has 2 saturated heterocycles. The number of morpholine rings is 1. The maximum absolute atomic E-state index is 11.5. The lowest BCUT2D eigenvalue weighted by molar-refractivity contribution is -0.00550. The quantitative estimate of drug-likeness (QED) is 0.803. The second-order valence-corrected chi connectivity index (χ2v) is 6.17. The maximum Gasteiger partial charge on any atom is 0.153 e. The fraction of sp³-hybridized carbons (Fsp3) is 0.625. The van der Waals surface area contributed by atoms with Gasteiger partial charge < -0.3 is 20.3 Å². The molecule has 0 spiro atoms. The summed E-state index contributed by atoms with van der Waals surface area (Å²) in [6, 6.07) is 2.18. The number of rotatable bonds is 3. The molecule has 1 aromatic heterocycles. The molecule has 3 rings (SSSR count). The van der Waals surface area contributed by atoms with Crippen molar-refractivity contribution in [2.75, 3.05) is 37.6 Å². The molecular formula is C16H24N4O2. The molecule has 2 N–H and O–H groups in total. The Bertz CT molecular complexity index is 521. The Kier molecular flexibility index (Phi) is 4.71. The lowest BCUT2D eigenvalue weighted by atomic mass is 10.0. The van der Waals surface area contributed by atoms with Crippen LogP contribution in [0.15, 0.2) is 12.3 Å². The van der Waals surface area contributed by atoms with E-state index in [0.29, 0.717) is 5.56 Å². The van der Waals surface area contributed by atoms with E-state index >= 15 is 0 Å². The standard InChI is InChI=1S/C16H24N4O2/c1-11-8-20(9-12(2)22-11)16-14(10-21)5-13(6-19-16)15-7-17-3-4-18-15/h5-6,10-12,15,17-18H,3-4,7-9H2,1-2H3/t11-,12+,15?. The number of piperazine rings is 1. The van der Waals surface area contributed by atoms with Gasteiger partial charge in [0.2, 0.25) is 0 Å². The maximum atomic E-state index is 11.5. The van der Waals surface area contributed by atoms with Crippen LogP contribution in [0.5, 0.6) is 0 Å². The molecule has 6 nitrogen and oxygen atoms in total. The highest BCUT2D eigenvalue weighted by atomic mass is 16.5. The van der Waals surface area contributed by atoms with Gasteiger partial charge in [-0.25, -0.2) is 4.98 Å². The van der Waals surface area contributed by atoms with E-state index in [2.05, 4.69) is 34.4 Å². The zero-order valence-corrected chi connectivity index (χ0v) is 13.2. The summed E-state index contributed by atoms with van der Waals surface area (Å²) < 4.78 is 5.75. The number of nitrogens with one attached hydrogen (secondary N) is 2. The van der Waals surface area contributed by atoms with Crippen LogP contribution in [0.1, 0.15) is 35.8 Å². The van der Waals surface area contributed by atoms with E-state index in [1.165, 1.54) is 0 Å². The predicted molar refractivity (Wildman–Crippen MR) is 85.5 cm³/mol. The molecule has 0 amide bonds. The van der Waals surface area contributed by atoms with Gasteiger partial charge in [0.15, 0.2) is 6.29 Å². The predicted octanol–water partition coefficient (Wildman–Crippen LogP) is 0.742. The molecule has 0 radical (unpaired) electrons. The Labute approximate surface area is 131 Å². The minimum absolute atomic E-state index is 0.147. The van der Waals surface area contributed by atoms with Gasteiger partial charge in [0.1, 0.15) is 5.82 Å². The van der Waals surface area contributed by atoms with Crippen molar-refractivity contribution in [1.82, 2.24) is 15.6 Å². The molecule has 22 heavy (non-hydrogen) atoms. The molecule has 2 aliphatic rings. The average Bonchev–Trinajstić information content (AvgIpc) is 2.54. The van der Waals surface area contributed by atoms with E-state index in [9.17, 15) is 4.79 Å². The molecule has 6 heteroatoms. The number of hydrogen-bond acceptors (Lipinski definition) is 6. The van der Waals surface area contributed by atoms with Crippen LogP contribution in [0.25, 0.3) is 0 Å². The molecule has 0 aliphatic carbocycles. The summed E-state index contributed by atoms with van der Waals surface area (Å²) in [6.45, 7) is 8.41. The van der Waals surface area contributed by atoms with Crippen LogP contribution < -0.4 is 15.5 Å². The highest BCUT2D eigenvalue weighted by Crippen LogP contribution is 2.24. The zero-order chi connectivity index (χ0) is 15.5. The summed E-state index contributed by atoms with van der Waals surface area (Å²) in [6.07, 6.45) is 3.09. The van der Waals surface area contributed by atoms with Crippen molar-refractivity contribution in [1.29, 1.82) is 0 Å². The van der Waals surface area contributed by atoms with Crippen molar-refractivity contribution in [3.05, 3.63) is 23.4 Å². The van der Waals surface area contributed by atoms with Gasteiger partial charge in [-0.05, 0) is 25.5 Å². The van der Waals surface area contributed by atoms with Crippen molar-refractivity contribution >= 4 is 12.1 Å². The lowest BCUT2D eigenvalue weighted by Gasteiger charge is -2.36. The van der Waals surface area contributed by atoms with Gasteiger partial charge in [0, 0.05) is 45.0 Å². The largest absolute Gasteiger partial charge is 0.372 e. The van der Waals surface area contributed by atoms with Crippen molar-refractivity contribution in [2.45, 2.75) is 32.1 Å². The summed E-state index contributed by atoms with van der Waals surface area (Å²) in [5.41, 5.74) is 1.72. The smallest absolute Gasteiger partial charge is 0.153 e. The number of aromatic nitrogens is 1. The Morgan fingerprint density at radius 3 is 2.73 bits per heavy atom. The number of carbonyl (C=O) groups is 1. The second kappa shape index (κ2) is 6.73. The molecule has 2 fully saturated rings. The fourth-order valence-electron chi connectivity index (χ4n) is 3.27. The highest BCUT2D eigenvalue weighted by Gasteiger charge is 2.25. The number of hydrogen-bond donors (Lipinski definition) is 2. The van der Waals surface area contributed by atoms with Crippen molar-refractivity contribution in [3.63, 3.8) is 0 Å². The van der Waals surface area contributed by atoms with E-state index < -0.39 is 0 Å². The second-order valence-electron chi connectivity index (χ2n) is 6.17. The lowest BCUT2D eigenvalue weighted by Crippen LogP contribution is -2.46. The molecule has 1 unspecified atom stereocenters. The molecule has 3 atom stereocenters. The van der Waals surface area contributed by atoms with Gasteiger partial charge >= 0.3 is 0 Å². The minimum atomic E-state index is 0.147. The Hall–Kier alpha value is -1.50. The van der Waals surface area contributed by atoms with Gasteiger partial charge in [-0.15, -0.1) is 0 Å². The van der Waals surface area contributed by atoms with Gasteiger partial charge in [0.05, 0.1) is 17.8 Å². The van der Waals surface area contributed by atoms with Gasteiger partial charge in [-0.1, -0.05) is 0 Å². The summed E-state index contributed by atoms with van der Waals surface area (Å²) >= 11 is 0. The van der Waals surface area contributed by atoms with E-state index in [1.807, 2.05) is 12.3 Å². The minimum Gasteiger partial charge on any atom is -0.372 e. The summed E-state index contributed by atoms with van der Waals surface area (Å²) in [7, 11) is 0. The molecule has 0 aromatic carbocycles. The Morgan fingerprint density at radius 1 is 1.32 bits per heavy atom. The summed E-state index contributed by atoms with van der Waals surface area (Å²) in [5, 5.41) is 6.80. The first-order valence-corrected chi connectivity index (χ1v) is 7.97. The topological polar surface area (TPSA) is 66.5 Å². The van der Waals surface area contributed by atoms with E-state index in [-0.39, 0.29) is 18.2 Å². The number of carbonyl (C=O) groups excluding carboxylic acids is 1. The van der Waals surface area contributed by atoms with Crippen LogP contribution in [0.2, 0.25) is 0 Å². The molecule has 120 valence electrons. The van der Waals surface area contributed by atoms with Crippen LogP contribution >= 0.6 is 0 Å². The third-order valence-electron chi connectivity index (χ3n) is 4.21. The van der Waals surface area contributed by atoms with Crippen molar-refractivity contribution < 1.29 is 9.53 Å². The van der Waals surface area contributed by atoms with Gasteiger partial charge in [0.25, 0.3) is 0 Å². The number of aldehydes is 1.